The van der Waals surface area contributed by atoms with E-state index in [1.54, 1.807) is 29.7 Å². The molecule has 4 aromatic rings. The van der Waals surface area contributed by atoms with E-state index in [0.29, 0.717) is 51.1 Å². The minimum atomic E-state index is -0.812. The van der Waals surface area contributed by atoms with E-state index in [2.05, 4.69) is 4.90 Å². The van der Waals surface area contributed by atoms with Crippen molar-refractivity contribution in [1.82, 2.24) is 4.57 Å². The summed E-state index contributed by atoms with van der Waals surface area (Å²) in [6.45, 7) is 4.79. The van der Waals surface area contributed by atoms with E-state index in [9.17, 15) is 9.59 Å². The highest BCUT2D eigenvalue weighted by Crippen LogP contribution is 2.40. The Bertz CT molecular complexity index is 1870. The minimum absolute atomic E-state index is 0.104. The lowest BCUT2D eigenvalue weighted by molar-refractivity contribution is -0.138. The summed E-state index contributed by atoms with van der Waals surface area (Å²) in [6, 6.07) is 17.8. The van der Waals surface area contributed by atoms with Crippen LogP contribution < -0.4 is 29.3 Å². The van der Waals surface area contributed by atoms with Gasteiger partial charge in [-0.25, -0.2) is 9.79 Å². The second-order valence-electron chi connectivity index (χ2n) is 9.82. The number of carbonyl (C=O) groups excluding carboxylic acids is 1. The van der Waals surface area contributed by atoms with E-state index in [-0.39, 0.29) is 24.5 Å². The molecule has 10 nitrogen and oxygen atoms in total. The number of carbonyl (C=O) groups is 1. The average Bonchev–Trinajstić information content (AvgIpc) is 3.76. The molecular weight excluding hydrogens is 558 g/mol. The van der Waals surface area contributed by atoms with Crippen molar-refractivity contribution in [2.45, 2.75) is 13.0 Å². The van der Waals surface area contributed by atoms with Crippen molar-refractivity contribution >= 4 is 35.0 Å². The summed E-state index contributed by atoms with van der Waals surface area (Å²) >= 11 is 1.24. The molecule has 2 aromatic heterocycles. The molecule has 0 saturated carbocycles. The second-order valence-corrected chi connectivity index (χ2v) is 10.8. The Hall–Kier alpha value is -4.61. The summed E-state index contributed by atoms with van der Waals surface area (Å²) < 4.78 is 30.2. The van der Waals surface area contributed by atoms with Crippen molar-refractivity contribution in [1.29, 1.82) is 0 Å². The third kappa shape index (κ3) is 4.70. The van der Waals surface area contributed by atoms with Crippen molar-refractivity contribution < 1.29 is 28.2 Å². The van der Waals surface area contributed by atoms with Gasteiger partial charge in [-0.2, -0.15) is 0 Å². The zero-order chi connectivity index (χ0) is 28.6. The standard InChI is InChI=1S/C31H27N3O7S/c1-2-38-30(36)26-27(19-6-4-3-5-7-19)32-31-34(28(26)20-8-10-22-23(16-20)40-18-39-22)29(35)24(42-31)17-21-9-11-25(41-21)33-12-14-37-15-13-33/h3-11,16-17,28H,2,12-15,18H2,1H3/b24-17-. The van der Waals surface area contributed by atoms with Gasteiger partial charge in [0.05, 0.1) is 41.7 Å². The number of thiazole rings is 1. The number of aromatic nitrogens is 1. The molecule has 0 amide bonds. The molecular formula is C31H27N3O7S. The number of anilines is 1. The topological polar surface area (TPSA) is 105 Å². The van der Waals surface area contributed by atoms with Crippen LogP contribution in [-0.2, 0) is 14.3 Å². The molecule has 42 heavy (non-hydrogen) atoms. The van der Waals surface area contributed by atoms with Gasteiger partial charge in [0.15, 0.2) is 22.2 Å². The van der Waals surface area contributed by atoms with Gasteiger partial charge in [0.1, 0.15) is 5.76 Å². The Morgan fingerprint density at radius 1 is 1.07 bits per heavy atom. The van der Waals surface area contributed by atoms with Gasteiger partial charge in [0.25, 0.3) is 5.56 Å². The number of furan rings is 1. The van der Waals surface area contributed by atoms with Crippen molar-refractivity contribution in [3.05, 3.63) is 103 Å². The summed E-state index contributed by atoms with van der Waals surface area (Å²) in [4.78, 5) is 35.2. The molecule has 7 rings (SSSR count). The Morgan fingerprint density at radius 3 is 2.69 bits per heavy atom. The Balaban J connectivity index is 1.42. The van der Waals surface area contributed by atoms with E-state index in [1.807, 2.05) is 48.5 Å². The number of rotatable bonds is 6. The molecule has 1 saturated heterocycles. The van der Waals surface area contributed by atoms with Crippen LogP contribution in [0.5, 0.6) is 11.5 Å². The van der Waals surface area contributed by atoms with E-state index in [0.717, 1.165) is 24.5 Å². The van der Waals surface area contributed by atoms with Gasteiger partial charge in [-0.15, -0.1) is 0 Å². The van der Waals surface area contributed by atoms with Crippen LogP contribution in [-0.4, -0.2) is 50.2 Å². The first-order chi connectivity index (χ1) is 20.6. The summed E-state index contributed by atoms with van der Waals surface area (Å²) in [5.74, 6) is 1.88. The van der Waals surface area contributed by atoms with Gasteiger partial charge in [-0.3, -0.25) is 9.36 Å². The first-order valence-electron chi connectivity index (χ1n) is 13.7. The van der Waals surface area contributed by atoms with Gasteiger partial charge < -0.3 is 28.3 Å². The maximum atomic E-state index is 14.1. The van der Waals surface area contributed by atoms with Crippen molar-refractivity contribution in [3.8, 4) is 11.5 Å². The third-order valence-electron chi connectivity index (χ3n) is 7.29. The highest BCUT2D eigenvalue weighted by atomic mass is 32.1. The van der Waals surface area contributed by atoms with Crippen LogP contribution in [0.2, 0.25) is 0 Å². The first kappa shape index (κ1) is 26.3. The lowest BCUT2D eigenvalue weighted by Gasteiger charge is -2.26. The number of fused-ring (bicyclic) bond motifs is 2. The number of nitrogens with zero attached hydrogens (tertiary/aromatic N) is 3. The highest BCUT2D eigenvalue weighted by Gasteiger charge is 2.36. The molecule has 0 N–H and O–H groups in total. The van der Waals surface area contributed by atoms with Crippen LogP contribution >= 0.6 is 11.3 Å². The fourth-order valence-corrected chi connectivity index (χ4v) is 6.32. The van der Waals surface area contributed by atoms with Gasteiger partial charge in [-0.1, -0.05) is 47.7 Å². The minimum Gasteiger partial charge on any atom is -0.463 e. The fourth-order valence-electron chi connectivity index (χ4n) is 5.34. The molecule has 214 valence electrons. The second kappa shape index (κ2) is 11.0. The smallest absolute Gasteiger partial charge is 0.338 e. The van der Waals surface area contributed by atoms with E-state index >= 15 is 0 Å². The largest absolute Gasteiger partial charge is 0.463 e. The Labute approximate surface area is 244 Å². The lowest BCUT2D eigenvalue weighted by Crippen LogP contribution is -2.40. The fraction of sp³-hybridized carbons (Fsp3) is 0.258. The molecule has 11 heteroatoms. The summed E-state index contributed by atoms with van der Waals surface area (Å²) in [7, 11) is 0. The third-order valence-corrected chi connectivity index (χ3v) is 8.28. The van der Waals surface area contributed by atoms with E-state index in [1.165, 1.54) is 11.3 Å². The number of morpholine rings is 1. The number of ether oxygens (including phenoxy) is 4. The Morgan fingerprint density at radius 2 is 1.88 bits per heavy atom. The molecule has 5 heterocycles. The molecule has 3 aliphatic rings. The van der Waals surface area contributed by atoms with Crippen molar-refractivity contribution in [2.24, 2.45) is 4.99 Å². The van der Waals surface area contributed by atoms with Crippen molar-refractivity contribution in [2.75, 3.05) is 44.6 Å². The average molecular weight is 586 g/mol. The molecule has 1 fully saturated rings. The van der Waals surface area contributed by atoms with Gasteiger partial charge in [0.2, 0.25) is 6.79 Å². The molecule has 0 aliphatic carbocycles. The van der Waals surface area contributed by atoms with Gasteiger partial charge in [-0.05, 0) is 30.7 Å². The Kier molecular flexibility index (Phi) is 6.88. The number of esters is 1. The highest BCUT2D eigenvalue weighted by molar-refractivity contribution is 7.07. The van der Waals surface area contributed by atoms with E-state index in [4.69, 9.17) is 28.4 Å². The van der Waals surface area contributed by atoms with Crippen LogP contribution in [0.4, 0.5) is 5.88 Å². The number of benzene rings is 2. The van der Waals surface area contributed by atoms with Crippen LogP contribution in [0.3, 0.4) is 0 Å². The maximum absolute atomic E-state index is 14.1. The summed E-state index contributed by atoms with van der Waals surface area (Å²) in [6.07, 6.45) is 1.72. The van der Waals surface area contributed by atoms with Crippen LogP contribution in [0.15, 0.2) is 80.4 Å². The predicted octanol–water partition coefficient (Wildman–Crippen LogP) is 3.09. The molecule has 1 atom stereocenters. The predicted molar refractivity (Wildman–Crippen MR) is 155 cm³/mol. The lowest BCUT2D eigenvalue weighted by atomic mass is 9.93. The van der Waals surface area contributed by atoms with Crippen LogP contribution in [0.1, 0.15) is 29.9 Å². The zero-order valence-corrected chi connectivity index (χ0v) is 23.6. The first-order valence-corrected chi connectivity index (χ1v) is 14.5. The zero-order valence-electron chi connectivity index (χ0n) is 22.8. The normalized spacial score (nSPS) is 18.2. The SMILES string of the molecule is CCOC(=O)C1=C(c2ccccc2)N=c2s/c(=C\c3ccc(N4CCOCC4)o3)c(=O)n2C1c1ccc2c(c1)OCO2. The summed E-state index contributed by atoms with van der Waals surface area (Å²) in [5, 5.41) is 0. The molecule has 0 spiro atoms. The maximum Gasteiger partial charge on any atom is 0.338 e. The number of hydrogen-bond acceptors (Lipinski definition) is 10. The van der Waals surface area contributed by atoms with Crippen LogP contribution in [0.25, 0.3) is 11.8 Å². The number of hydrogen-bond donors (Lipinski definition) is 0. The molecule has 0 bridgehead atoms. The van der Waals surface area contributed by atoms with Gasteiger partial charge in [0, 0.05) is 30.8 Å². The summed E-state index contributed by atoms with van der Waals surface area (Å²) in [5.41, 5.74) is 1.85. The van der Waals surface area contributed by atoms with E-state index < -0.39 is 12.0 Å². The van der Waals surface area contributed by atoms with Crippen molar-refractivity contribution in [3.63, 3.8) is 0 Å². The molecule has 3 aliphatic heterocycles. The van der Waals surface area contributed by atoms with Gasteiger partial charge >= 0.3 is 5.97 Å². The monoisotopic (exact) mass is 585 g/mol. The quantitative estimate of drug-likeness (QED) is 0.318. The molecule has 1 unspecified atom stereocenters. The molecule has 0 radical (unpaired) electrons. The molecule has 2 aromatic carbocycles. The van der Waals surface area contributed by atoms with Crippen LogP contribution in [0, 0.1) is 0 Å².